The van der Waals surface area contributed by atoms with Gasteiger partial charge in [0.15, 0.2) is 0 Å². The highest BCUT2D eigenvalue weighted by Crippen LogP contribution is 2.16. The number of carbonyl (C=O) groups is 1. The topological polar surface area (TPSA) is 90.7 Å². The van der Waals surface area contributed by atoms with Gasteiger partial charge in [-0.05, 0) is 37.6 Å². The van der Waals surface area contributed by atoms with Crippen molar-refractivity contribution in [2.45, 2.75) is 33.1 Å². The number of rotatable bonds is 7. The molecule has 6 nitrogen and oxygen atoms in total. The lowest BCUT2D eigenvalue weighted by molar-refractivity contribution is 0.0947. The first-order valence-electron chi connectivity index (χ1n) is 8.03. The maximum atomic E-state index is 12.2. The van der Waals surface area contributed by atoms with E-state index in [1.807, 2.05) is 0 Å². The van der Waals surface area contributed by atoms with Crippen LogP contribution in [0.3, 0.4) is 0 Å². The molecule has 1 amide bonds. The van der Waals surface area contributed by atoms with Crippen LogP contribution in [0.1, 0.15) is 48.1 Å². The van der Waals surface area contributed by atoms with E-state index < -0.39 is 0 Å². The summed E-state index contributed by atoms with van der Waals surface area (Å²) in [5, 5.41) is 14.8. The van der Waals surface area contributed by atoms with E-state index in [2.05, 4.69) is 33.6 Å². The van der Waals surface area contributed by atoms with E-state index in [0.29, 0.717) is 29.4 Å². The van der Waals surface area contributed by atoms with Gasteiger partial charge in [-0.25, -0.2) is 9.97 Å². The molecule has 1 heterocycles. The highest BCUT2D eigenvalue weighted by molar-refractivity contribution is 5.93. The number of amides is 1. The second-order valence-electron chi connectivity index (χ2n) is 5.46. The first-order valence-corrected chi connectivity index (χ1v) is 8.03. The maximum Gasteiger partial charge on any atom is 0.270 e. The SMILES string of the molecule is CCCCCNC(=O)c1cc(Nc2ccc(C#N)cc2)nc(C)n1. The summed E-state index contributed by atoms with van der Waals surface area (Å²) in [5.74, 6) is 0.873. The normalized spacial score (nSPS) is 10.0. The molecule has 0 aliphatic heterocycles. The molecule has 24 heavy (non-hydrogen) atoms. The lowest BCUT2D eigenvalue weighted by Gasteiger charge is -2.09. The lowest BCUT2D eigenvalue weighted by atomic mass is 10.2. The summed E-state index contributed by atoms with van der Waals surface area (Å²) in [5.41, 5.74) is 1.73. The zero-order valence-electron chi connectivity index (χ0n) is 14.0. The van der Waals surface area contributed by atoms with Crippen molar-refractivity contribution < 1.29 is 4.79 Å². The third-order valence-corrected chi connectivity index (χ3v) is 3.42. The first-order chi connectivity index (χ1) is 11.6. The van der Waals surface area contributed by atoms with Crippen LogP contribution in [0.25, 0.3) is 0 Å². The van der Waals surface area contributed by atoms with Crippen LogP contribution in [-0.4, -0.2) is 22.4 Å². The fourth-order valence-electron chi connectivity index (χ4n) is 2.19. The van der Waals surface area contributed by atoms with Gasteiger partial charge in [0.1, 0.15) is 17.3 Å². The number of benzene rings is 1. The average Bonchev–Trinajstić information content (AvgIpc) is 2.58. The molecule has 1 aromatic heterocycles. The van der Waals surface area contributed by atoms with Crippen LogP contribution in [0.5, 0.6) is 0 Å². The van der Waals surface area contributed by atoms with Gasteiger partial charge in [0.25, 0.3) is 5.91 Å². The maximum absolute atomic E-state index is 12.2. The molecule has 124 valence electrons. The van der Waals surface area contributed by atoms with Gasteiger partial charge in [-0.1, -0.05) is 19.8 Å². The molecule has 2 aromatic rings. The van der Waals surface area contributed by atoms with E-state index in [0.717, 1.165) is 24.9 Å². The number of aryl methyl sites for hydroxylation is 1. The van der Waals surface area contributed by atoms with Crippen molar-refractivity contribution in [3.05, 3.63) is 47.4 Å². The first kappa shape index (κ1) is 17.4. The number of hydrogen-bond acceptors (Lipinski definition) is 5. The third-order valence-electron chi connectivity index (χ3n) is 3.42. The predicted octanol–water partition coefficient (Wildman–Crippen LogP) is 3.32. The van der Waals surface area contributed by atoms with Crippen molar-refractivity contribution in [3.8, 4) is 6.07 Å². The fraction of sp³-hybridized carbons (Fsp3) is 0.333. The summed E-state index contributed by atoms with van der Waals surface area (Å²) in [6.07, 6.45) is 3.17. The Labute approximate surface area is 142 Å². The molecule has 0 saturated heterocycles. The molecule has 0 saturated carbocycles. The Morgan fingerprint density at radius 1 is 1.21 bits per heavy atom. The van der Waals surface area contributed by atoms with Gasteiger partial charge in [0, 0.05) is 18.3 Å². The molecule has 0 bridgehead atoms. The highest BCUT2D eigenvalue weighted by Gasteiger charge is 2.10. The zero-order valence-corrected chi connectivity index (χ0v) is 14.0. The van der Waals surface area contributed by atoms with Gasteiger partial charge in [0.05, 0.1) is 11.6 Å². The molecule has 2 N–H and O–H groups in total. The minimum Gasteiger partial charge on any atom is -0.351 e. The Hall–Kier alpha value is -2.94. The molecular weight excluding hydrogens is 302 g/mol. The average molecular weight is 323 g/mol. The molecule has 0 atom stereocenters. The zero-order chi connectivity index (χ0) is 17.4. The summed E-state index contributed by atoms with van der Waals surface area (Å²) in [4.78, 5) is 20.7. The van der Waals surface area contributed by atoms with Crippen LogP contribution in [0.2, 0.25) is 0 Å². The molecule has 0 aliphatic carbocycles. The summed E-state index contributed by atoms with van der Waals surface area (Å²) in [6.45, 7) is 4.52. The van der Waals surface area contributed by atoms with Gasteiger partial charge in [-0.2, -0.15) is 5.26 Å². The molecular formula is C18H21N5O. The third kappa shape index (κ3) is 5.06. The van der Waals surface area contributed by atoms with Gasteiger partial charge < -0.3 is 10.6 Å². The number of carbonyl (C=O) groups excluding carboxylic acids is 1. The number of anilines is 2. The summed E-state index contributed by atoms with van der Waals surface area (Å²) >= 11 is 0. The van der Waals surface area contributed by atoms with Crippen molar-refractivity contribution in [2.75, 3.05) is 11.9 Å². The molecule has 0 fully saturated rings. The van der Waals surface area contributed by atoms with Crippen LogP contribution in [0.4, 0.5) is 11.5 Å². The Balaban J connectivity index is 2.07. The molecule has 1 aromatic carbocycles. The summed E-state index contributed by atoms with van der Waals surface area (Å²) < 4.78 is 0. The molecule has 6 heteroatoms. The number of nitrogens with one attached hydrogen (secondary N) is 2. The molecule has 0 spiro atoms. The minimum absolute atomic E-state index is 0.195. The van der Waals surface area contributed by atoms with E-state index in [1.165, 1.54) is 0 Å². The molecule has 0 aliphatic rings. The van der Waals surface area contributed by atoms with E-state index in [4.69, 9.17) is 5.26 Å². The second kappa shape index (κ2) is 8.63. The summed E-state index contributed by atoms with van der Waals surface area (Å²) in [7, 11) is 0. The smallest absolute Gasteiger partial charge is 0.270 e. The minimum atomic E-state index is -0.195. The number of nitrogens with zero attached hydrogens (tertiary/aromatic N) is 3. The lowest BCUT2D eigenvalue weighted by Crippen LogP contribution is -2.25. The molecule has 0 unspecified atom stereocenters. The van der Waals surface area contributed by atoms with Gasteiger partial charge in [0.2, 0.25) is 0 Å². The van der Waals surface area contributed by atoms with Crippen LogP contribution in [-0.2, 0) is 0 Å². The van der Waals surface area contributed by atoms with E-state index in [-0.39, 0.29) is 5.91 Å². The van der Waals surface area contributed by atoms with Gasteiger partial charge >= 0.3 is 0 Å². The van der Waals surface area contributed by atoms with E-state index in [1.54, 1.807) is 37.3 Å². The molecule has 0 radical (unpaired) electrons. The van der Waals surface area contributed by atoms with Gasteiger partial charge in [-0.3, -0.25) is 4.79 Å². The van der Waals surface area contributed by atoms with E-state index in [9.17, 15) is 4.79 Å². The van der Waals surface area contributed by atoms with Gasteiger partial charge in [-0.15, -0.1) is 0 Å². The van der Waals surface area contributed by atoms with Crippen molar-refractivity contribution in [1.82, 2.24) is 15.3 Å². The van der Waals surface area contributed by atoms with Crippen molar-refractivity contribution in [3.63, 3.8) is 0 Å². The Morgan fingerprint density at radius 2 is 1.96 bits per heavy atom. The number of nitriles is 1. The Kier molecular flexibility index (Phi) is 6.26. The van der Waals surface area contributed by atoms with E-state index >= 15 is 0 Å². The Bertz CT molecular complexity index is 734. The highest BCUT2D eigenvalue weighted by atomic mass is 16.1. The van der Waals surface area contributed by atoms with Crippen molar-refractivity contribution in [2.24, 2.45) is 0 Å². The van der Waals surface area contributed by atoms with Crippen LogP contribution < -0.4 is 10.6 Å². The monoisotopic (exact) mass is 323 g/mol. The largest absolute Gasteiger partial charge is 0.351 e. The van der Waals surface area contributed by atoms with Crippen LogP contribution in [0.15, 0.2) is 30.3 Å². The second-order valence-corrected chi connectivity index (χ2v) is 5.46. The predicted molar refractivity (Wildman–Crippen MR) is 93.1 cm³/mol. The number of unbranched alkanes of at least 4 members (excludes halogenated alkanes) is 2. The van der Waals surface area contributed by atoms with Crippen molar-refractivity contribution >= 4 is 17.4 Å². The quantitative estimate of drug-likeness (QED) is 0.763. The fourth-order valence-corrected chi connectivity index (χ4v) is 2.19. The van der Waals surface area contributed by atoms with Crippen LogP contribution in [0, 0.1) is 18.3 Å². The van der Waals surface area contributed by atoms with Crippen LogP contribution >= 0.6 is 0 Å². The number of aromatic nitrogens is 2. The molecule has 2 rings (SSSR count). The summed E-state index contributed by atoms with van der Waals surface area (Å²) in [6, 6.07) is 10.7. The van der Waals surface area contributed by atoms with Crippen molar-refractivity contribution in [1.29, 1.82) is 5.26 Å². The number of hydrogen-bond donors (Lipinski definition) is 2. The Morgan fingerprint density at radius 3 is 2.62 bits per heavy atom. The standard InChI is InChI=1S/C18H21N5O/c1-3-4-5-10-20-18(24)16-11-17(22-13(2)21-16)23-15-8-6-14(12-19)7-9-15/h6-9,11H,3-5,10H2,1-2H3,(H,20,24)(H,21,22,23).